The Labute approximate surface area is 104 Å². The van der Waals surface area contributed by atoms with Gasteiger partial charge in [0.15, 0.2) is 0 Å². The van der Waals surface area contributed by atoms with E-state index in [0.717, 1.165) is 22.4 Å². The monoisotopic (exact) mass is 234 g/mol. The van der Waals surface area contributed by atoms with Crippen LogP contribution in [0.5, 0.6) is 0 Å². The first-order valence-electron chi connectivity index (χ1n) is 5.63. The van der Waals surface area contributed by atoms with Crippen molar-refractivity contribution in [3.05, 3.63) is 48.8 Å². The van der Waals surface area contributed by atoms with Gasteiger partial charge < -0.3 is 4.57 Å². The predicted molar refractivity (Wildman–Crippen MR) is 68.6 cm³/mol. The molecule has 0 saturated carbocycles. The minimum absolute atomic E-state index is 0.282. The summed E-state index contributed by atoms with van der Waals surface area (Å²) in [6.45, 7) is 0.282. The van der Waals surface area contributed by atoms with Gasteiger partial charge in [0, 0.05) is 18.0 Å². The summed E-state index contributed by atoms with van der Waals surface area (Å²) in [5, 5.41) is 8.95. The first-order chi connectivity index (χ1) is 8.90. The van der Waals surface area contributed by atoms with Gasteiger partial charge in [-0.2, -0.15) is 5.26 Å². The maximum absolute atomic E-state index is 8.95. The van der Waals surface area contributed by atoms with Crippen molar-refractivity contribution in [1.82, 2.24) is 14.5 Å². The van der Waals surface area contributed by atoms with Crippen LogP contribution in [-0.2, 0) is 6.54 Å². The normalized spacial score (nSPS) is 10.4. The van der Waals surface area contributed by atoms with Crippen LogP contribution in [0, 0.1) is 11.3 Å². The Morgan fingerprint density at radius 2 is 2.06 bits per heavy atom. The summed E-state index contributed by atoms with van der Waals surface area (Å²) in [5.74, 6) is 0.783. The summed E-state index contributed by atoms with van der Waals surface area (Å²) in [7, 11) is 0. The van der Waals surface area contributed by atoms with Crippen molar-refractivity contribution in [2.75, 3.05) is 0 Å². The number of nitrogens with zero attached hydrogens (tertiary/aromatic N) is 4. The number of pyridine rings is 1. The molecule has 0 amide bonds. The quantitative estimate of drug-likeness (QED) is 0.684. The predicted octanol–water partition coefficient (Wildman–Crippen LogP) is 2.62. The van der Waals surface area contributed by atoms with Crippen molar-refractivity contribution in [3.8, 4) is 17.5 Å². The van der Waals surface area contributed by atoms with Gasteiger partial charge in [-0.25, -0.2) is 4.98 Å². The molecule has 0 unspecified atom stereocenters. The highest BCUT2D eigenvalue weighted by Gasteiger charge is 2.11. The Morgan fingerprint density at radius 3 is 2.83 bits per heavy atom. The van der Waals surface area contributed by atoms with E-state index in [4.69, 9.17) is 5.26 Å². The van der Waals surface area contributed by atoms with Gasteiger partial charge in [0.25, 0.3) is 0 Å². The zero-order valence-electron chi connectivity index (χ0n) is 9.61. The van der Waals surface area contributed by atoms with Gasteiger partial charge in [0.1, 0.15) is 12.4 Å². The third-order valence-corrected chi connectivity index (χ3v) is 2.80. The van der Waals surface area contributed by atoms with Gasteiger partial charge in [0.2, 0.25) is 0 Å². The van der Waals surface area contributed by atoms with Crippen molar-refractivity contribution in [2.45, 2.75) is 6.54 Å². The molecule has 0 N–H and O–H groups in total. The van der Waals surface area contributed by atoms with Crippen molar-refractivity contribution >= 4 is 11.0 Å². The summed E-state index contributed by atoms with van der Waals surface area (Å²) in [6.07, 6.45) is 3.48. The van der Waals surface area contributed by atoms with E-state index in [0.29, 0.717) is 0 Å². The maximum Gasteiger partial charge on any atom is 0.143 e. The van der Waals surface area contributed by atoms with Gasteiger partial charge in [-0.3, -0.25) is 4.98 Å². The van der Waals surface area contributed by atoms with E-state index < -0.39 is 0 Å². The van der Waals surface area contributed by atoms with E-state index in [9.17, 15) is 0 Å². The second-order valence-electron chi connectivity index (χ2n) is 3.91. The number of para-hydroxylation sites is 2. The molecule has 0 bridgehead atoms. The van der Waals surface area contributed by atoms with Crippen LogP contribution in [-0.4, -0.2) is 14.5 Å². The Hall–Kier alpha value is -2.67. The third kappa shape index (κ3) is 1.62. The maximum atomic E-state index is 8.95. The molecule has 3 rings (SSSR count). The largest absolute Gasteiger partial charge is 0.310 e. The molecule has 0 saturated heterocycles. The molecule has 4 nitrogen and oxygen atoms in total. The highest BCUT2D eigenvalue weighted by atomic mass is 15.1. The van der Waals surface area contributed by atoms with Crippen molar-refractivity contribution in [2.24, 2.45) is 0 Å². The number of nitriles is 1. The molecule has 1 aromatic carbocycles. The Bertz CT molecular complexity index is 722. The minimum Gasteiger partial charge on any atom is -0.310 e. The summed E-state index contributed by atoms with van der Waals surface area (Å²) < 4.78 is 1.91. The van der Waals surface area contributed by atoms with Gasteiger partial charge in [-0.05, 0) is 24.3 Å². The fraction of sp³-hybridized carbons (Fsp3) is 0.0714. The van der Waals surface area contributed by atoms with Crippen LogP contribution < -0.4 is 0 Å². The average molecular weight is 234 g/mol. The lowest BCUT2D eigenvalue weighted by Gasteiger charge is -2.03. The lowest BCUT2D eigenvalue weighted by molar-refractivity contribution is 0.869. The van der Waals surface area contributed by atoms with Gasteiger partial charge in [-0.1, -0.05) is 12.1 Å². The van der Waals surface area contributed by atoms with Crippen LogP contribution in [0.4, 0.5) is 0 Å². The number of fused-ring (bicyclic) bond motifs is 1. The van der Waals surface area contributed by atoms with Crippen LogP contribution >= 0.6 is 0 Å². The Balaban J connectivity index is 2.29. The van der Waals surface area contributed by atoms with Gasteiger partial charge >= 0.3 is 0 Å². The lowest BCUT2D eigenvalue weighted by atomic mass is 10.2. The van der Waals surface area contributed by atoms with E-state index >= 15 is 0 Å². The molecule has 3 aromatic rings. The molecule has 0 aliphatic rings. The van der Waals surface area contributed by atoms with Crippen LogP contribution in [0.1, 0.15) is 0 Å². The first kappa shape index (κ1) is 10.5. The number of imidazole rings is 1. The number of benzene rings is 1. The van der Waals surface area contributed by atoms with Gasteiger partial charge in [0.05, 0.1) is 17.1 Å². The fourth-order valence-corrected chi connectivity index (χ4v) is 2.02. The molecule has 0 aliphatic carbocycles. The third-order valence-electron chi connectivity index (χ3n) is 2.80. The van der Waals surface area contributed by atoms with Crippen LogP contribution in [0.2, 0.25) is 0 Å². The molecular formula is C14H10N4. The Morgan fingerprint density at radius 1 is 1.17 bits per heavy atom. The summed E-state index contributed by atoms with van der Waals surface area (Å²) in [4.78, 5) is 8.67. The van der Waals surface area contributed by atoms with Crippen LogP contribution in [0.15, 0.2) is 48.8 Å². The zero-order chi connectivity index (χ0) is 12.4. The zero-order valence-corrected chi connectivity index (χ0v) is 9.61. The van der Waals surface area contributed by atoms with E-state index in [1.165, 1.54) is 0 Å². The van der Waals surface area contributed by atoms with Crippen LogP contribution in [0.25, 0.3) is 22.4 Å². The fourth-order valence-electron chi connectivity index (χ4n) is 2.02. The van der Waals surface area contributed by atoms with Crippen molar-refractivity contribution in [3.63, 3.8) is 0 Å². The molecule has 0 fully saturated rings. The highest BCUT2D eigenvalue weighted by molar-refractivity contribution is 5.80. The van der Waals surface area contributed by atoms with E-state index in [1.807, 2.05) is 41.0 Å². The van der Waals surface area contributed by atoms with E-state index in [1.54, 1.807) is 12.4 Å². The van der Waals surface area contributed by atoms with Gasteiger partial charge in [-0.15, -0.1) is 0 Å². The lowest BCUT2D eigenvalue weighted by Crippen LogP contribution is -1.98. The average Bonchev–Trinajstić information content (AvgIpc) is 2.80. The second kappa shape index (κ2) is 4.30. The summed E-state index contributed by atoms with van der Waals surface area (Å²) in [5.41, 5.74) is 2.79. The standard InChI is InChI=1S/C14H10N4/c15-7-9-18-13-6-2-1-5-12(13)17-14(18)11-4-3-8-16-10-11/h1-6,8,10H,9H2. The Kier molecular flexibility index (Phi) is 2.50. The molecule has 2 aromatic heterocycles. The number of rotatable bonds is 2. The SMILES string of the molecule is N#CCn1c(-c2cccnc2)nc2ccccc21. The van der Waals surface area contributed by atoms with Crippen molar-refractivity contribution < 1.29 is 0 Å². The number of hydrogen-bond acceptors (Lipinski definition) is 3. The first-order valence-corrected chi connectivity index (χ1v) is 5.63. The molecule has 2 heterocycles. The molecule has 4 heteroatoms. The molecule has 18 heavy (non-hydrogen) atoms. The molecule has 0 spiro atoms. The molecular weight excluding hydrogens is 224 g/mol. The highest BCUT2D eigenvalue weighted by Crippen LogP contribution is 2.23. The number of aromatic nitrogens is 3. The smallest absolute Gasteiger partial charge is 0.143 e. The molecule has 0 aliphatic heterocycles. The van der Waals surface area contributed by atoms with E-state index in [-0.39, 0.29) is 6.54 Å². The summed E-state index contributed by atoms with van der Waals surface area (Å²) in [6, 6.07) is 13.8. The topological polar surface area (TPSA) is 54.5 Å². The van der Waals surface area contributed by atoms with Crippen LogP contribution in [0.3, 0.4) is 0 Å². The molecule has 0 radical (unpaired) electrons. The van der Waals surface area contributed by atoms with E-state index in [2.05, 4.69) is 16.0 Å². The van der Waals surface area contributed by atoms with Crippen molar-refractivity contribution in [1.29, 1.82) is 5.26 Å². The summed E-state index contributed by atoms with van der Waals surface area (Å²) >= 11 is 0. The molecule has 0 atom stereocenters. The molecule has 86 valence electrons. The second-order valence-corrected chi connectivity index (χ2v) is 3.91. The minimum atomic E-state index is 0.282. The number of hydrogen-bond donors (Lipinski definition) is 0.